The predicted molar refractivity (Wildman–Crippen MR) is 124 cm³/mol. The maximum atomic E-state index is 13.5. The Bertz CT molecular complexity index is 1190. The molecule has 2 fully saturated rings. The zero-order valence-electron chi connectivity index (χ0n) is 19.3. The number of nitrogens with zero attached hydrogens (tertiary/aromatic N) is 2. The standard InChI is InChI=1S/C14H8F3N.C12H20N2O2/c15-10-3-1-8(2-4-10)13-6-9-5-11(16)7-12(17)14(9)18-13;1-9(2)14-7-6-13(8-11(14)15)12(16)10-4-3-5-10/h1-7,18H;9-10H,3-8H2,1-2H3. The number of aromatic nitrogens is 1. The van der Waals surface area contributed by atoms with Crippen LogP contribution in [0.1, 0.15) is 33.1 Å². The summed E-state index contributed by atoms with van der Waals surface area (Å²) in [5.41, 5.74) is 1.58. The van der Waals surface area contributed by atoms with Gasteiger partial charge in [-0.25, -0.2) is 13.2 Å². The van der Waals surface area contributed by atoms with Crippen LogP contribution in [-0.2, 0) is 9.59 Å². The van der Waals surface area contributed by atoms with Gasteiger partial charge in [-0.1, -0.05) is 6.42 Å². The predicted octanol–water partition coefficient (Wildman–Crippen LogP) is 5.12. The van der Waals surface area contributed by atoms with Crippen LogP contribution in [0.3, 0.4) is 0 Å². The average Bonchev–Trinajstić information content (AvgIpc) is 3.17. The highest BCUT2D eigenvalue weighted by atomic mass is 19.1. The third-order valence-corrected chi connectivity index (χ3v) is 6.45. The molecule has 3 aromatic rings. The topological polar surface area (TPSA) is 56.4 Å². The molecule has 1 N–H and O–H groups in total. The molecule has 2 aliphatic rings. The van der Waals surface area contributed by atoms with Crippen molar-refractivity contribution >= 4 is 22.7 Å². The number of carbonyl (C=O) groups is 2. The monoisotopic (exact) mass is 471 g/mol. The van der Waals surface area contributed by atoms with Crippen LogP contribution in [0.25, 0.3) is 22.2 Å². The van der Waals surface area contributed by atoms with Crippen molar-refractivity contribution in [2.45, 2.75) is 39.2 Å². The Morgan fingerprint density at radius 3 is 2.29 bits per heavy atom. The first-order valence-corrected chi connectivity index (χ1v) is 11.5. The van der Waals surface area contributed by atoms with Crippen molar-refractivity contribution in [2.75, 3.05) is 19.6 Å². The molecule has 1 saturated carbocycles. The molecule has 1 aliphatic carbocycles. The summed E-state index contributed by atoms with van der Waals surface area (Å²) in [6.45, 7) is 5.71. The van der Waals surface area contributed by atoms with Crippen LogP contribution < -0.4 is 0 Å². The Morgan fingerprint density at radius 2 is 1.71 bits per heavy atom. The molecule has 2 aromatic carbocycles. The maximum absolute atomic E-state index is 13.5. The lowest BCUT2D eigenvalue weighted by Gasteiger charge is -2.39. The van der Waals surface area contributed by atoms with Crippen LogP contribution in [0.15, 0.2) is 42.5 Å². The van der Waals surface area contributed by atoms with E-state index in [1.807, 2.05) is 18.7 Å². The van der Waals surface area contributed by atoms with Gasteiger partial charge in [-0.3, -0.25) is 9.59 Å². The molecular weight excluding hydrogens is 443 g/mol. The van der Waals surface area contributed by atoms with Crippen LogP contribution in [-0.4, -0.2) is 52.3 Å². The molecular formula is C26H28F3N3O2. The second-order valence-electron chi connectivity index (χ2n) is 9.11. The average molecular weight is 472 g/mol. The first-order chi connectivity index (χ1) is 16.2. The highest BCUT2D eigenvalue weighted by molar-refractivity contribution is 5.88. The lowest BCUT2D eigenvalue weighted by atomic mass is 9.84. The quantitative estimate of drug-likeness (QED) is 0.577. The molecule has 2 heterocycles. The summed E-state index contributed by atoms with van der Waals surface area (Å²) in [6, 6.07) is 9.75. The van der Waals surface area contributed by atoms with Crippen molar-refractivity contribution in [3.05, 3.63) is 59.9 Å². The largest absolute Gasteiger partial charge is 0.352 e. The molecule has 5 rings (SSSR count). The van der Waals surface area contributed by atoms with Crippen LogP contribution >= 0.6 is 0 Å². The third-order valence-electron chi connectivity index (χ3n) is 6.45. The minimum absolute atomic E-state index is 0.0916. The Balaban J connectivity index is 0.000000162. The molecule has 0 bridgehead atoms. The summed E-state index contributed by atoms with van der Waals surface area (Å²) in [7, 11) is 0. The van der Waals surface area contributed by atoms with Crippen molar-refractivity contribution < 1.29 is 22.8 Å². The highest BCUT2D eigenvalue weighted by Crippen LogP contribution is 2.29. The van der Waals surface area contributed by atoms with Gasteiger partial charge in [-0.15, -0.1) is 0 Å². The maximum Gasteiger partial charge on any atom is 0.242 e. The summed E-state index contributed by atoms with van der Waals surface area (Å²) in [5, 5.41) is 0.451. The van der Waals surface area contributed by atoms with Crippen LogP contribution in [0, 0.1) is 23.4 Å². The number of amides is 2. The van der Waals surface area contributed by atoms with Gasteiger partial charge < -0.3 is 14.8 Å². The molecule has 2 amide bonds. The van der Waals surface area contributed by atoms with E-state index in [0.29, 0.717) is 29.7 Å². The Labute approximate surface area is 196 Å². The Hall–Kier alpha value is -3.29. The molecule has 1 aliphatic heterocycles. The first-order valence-electron chi connectivity index (χ1n) is 11.5. The number of nitrogens with one attached hydrogen (secondary N) is 1. The van der Waals surface area contributed by atoms with Gasteiger partial charge in [0.1, 0.15) is 17.5 Å². The van der Waals surface area contributed by atoms with Gasteiger partial charge in [0.15, 0.2) is 0 Å². The van der Waals surface area contributed by atoms with Crippen molar-refractivity contribution in [2.24, 2.45) is 5.92 Å². The number of aromatic amines is 1. The van der Waals surface area contributed by atoms with Crippen molar-refractivity contribution in [3.8, 4) is 11.3 Å². The van der Waals surface area contributed by atoms with Crippen LogP contribution in [0.5, 0.6) is 0 Å². The first kappa shape index (κ1) is 23.9. The lowest BCUT2D eigenvalue weighted by Crippen LogP contribution is -2.55. The van der Waals surface area contributed by atoms with E-state index < -0.39 is 11.6 Å². The number of fused-ring (bicyclic) bond motifs is 1. The summed E-state index contributed by atoms with van der Waals surface area (Å²) in [5.74, 6) is -1.11. The van der Waals surface area contributed by atoms with E-state index in [0.717, 1.165) is 25.3 Å². The summed E-state index contributed by atoms with van der Waals surface area (Å²) < 4.78 is 39.4. The summed E-state index contributed by atoms with van der Waals surface area (Å²) in [4.78, 5) is 30.2. The highest BCUT2D eigenvalue weighted by Gasteiger charge is 2.34. The van der Waals surface area contributed by atoms with Gasteiger partial charge in [-0.05, 0) is 68.7 Å². The molecule has 1 aromatic heterocycles. The molecule has 180 valence electrons. The molecule has 8 heteroatoms. The number of carbonyl (C=O) groups excluding carboxylic acids is 2. The van der Waals surface area contributed by atoms with E-state index in [2.05, 4.69) is 4.98 Å². The number of H-pyrrole nitrogens is 1. The SMILES string of the molecule is CC(C)N1CCN(C(=O)C2CCC2)CC1=O.Fc1ccc(-c2cc3cc(F)cc(F)c3[nH]2)cc1. The second kappa shape index (κ2) is 9.91. The number of benzene rings is 2. The van der Waals surface area contributed by atoms with E-state index in [-0.39, 0.29) is 41.7 Å². The van der Waals surface area contributed by atoms with Crippen LogP contribution in [0.4, 0.5) is 13.2 Å². The minimum atomic E-state index is -0.640. The summed E-state index contributed by atoms with van der Waals surface area (Å²) in [6.07, 6.45) is 3.19. The van der Waals surface area contributed by atoms with Gasteiger partial charge in [-0.2, -0.15) is 0 Å². The number of hydrogen-bond donors (Lipinski definition) is 1. The molecule has 0 spiro atoms. The third kappa shape index (κ3) is 5.11. The molecule has 0 unspecified atom stereocenters. The molecule has 0 atom stereocenters. The van der Waals surface area contributed by atoms with Crippen molar-refractivity contribution in [3.63, 3.8) is 0 Å². The van der Waals surface area contributed by atoms with Crippen molar-refractivity contribution in [1.82, 2.24) is 14.8 Å². The second-order valence-corrected chi connectivity index (χ2v) is 9.11. The van der Waals surface area contributed by atoms with E-state index in [1.165, 1.54) is 18.2 Å². The minimum Gasteiger partial charge on any atom is -0.352 e. The van der Waals surface area contributed by atoms with Gasteiger partial charge in [0, 0.05) is 42.2 Å². The normalized spacial score (nSPS) is 16.5. The van der Waals surface area contributed by atoms with Gasteiger partial charge >= 0.3 is 0 Å². The fraction of sp³-hybridized carbons (Fsp3) is 0.385. The van der Waals surface area contributed by atoms with Crippen LogP contribution in [0.2, 0.25) is 0 Å². The fourth-order valence-corrected chi connectivity index (χ4v) is 4.28. The fourth-order valence-electron chi connectivity index (χ4n) is 4.28. The van der Waals surface area contributed by atoms with E-state index in [9.17, 15) is 22.8 Å². The van der Waals surface area contributed by atoms with Gasteiger partial charge in [0.05, 0.1) is 12.1 Å². The number of piperazine rings is 1. The van der Waals surface area contributed by atoms with E-state index in [1.54, 1.807) is 23.1 Å². The lowest BCUT2D eigenvalue weighted by molar-refractivity contribution is -0.150. The Kier molecular flexibility index (Phi) is 6.95. The van der Waals surface area contributed by atoms with Gasteiger partial charge in [0.25, 0.3) is 0 Å². The van der Waals surface area contributed by atoms with Gasteiger partial charge in [0.2, 0.25) is 11.8 Å². The number of halogens is 3. The Morgan fingerprint density at radius 1 is 1.00 bits per heavy atom. The van der Waals surface area contributed by atoms with Crippen molar-refractivity contribution in [1.29, 1.82) is 0 Å². The van der Waals surface area contributed by atoms with E-state index in [4.69, 9.17) is 0 Å². The number of rotatable bonds is 3. The molecule has 34 heavy (non-hydrogen) atoms. The van der Waals surface area contributed by atoms with E-state index >= 15 is 0 Å². The zero-order chi connectivity index (χ0) is 24.4. The molecule has 5 nitrogen and oxygen atoms in total. The smallest absolute Gasteiger partial charge is 0.242 e. The molecule has 1 saturated heterocycles. The summed E-state index contributed by atoms with van der Waals surface area (Å²) >= 11 is 0. The number of hydrogen-bond acceptors (Lipinski definition) is 2. The molecule has 0 radical (unpaired) electrons. The zero-order valence-corrected chi connectivity index (χ0v) is 19.3.